The number of aryl methyl sites for hydroxylation is 1. The zero-order valence-electron chi connectivity index (χ0n) is 14.8. The van der Waals surface area contributed by atoms with Crippen LogP contribution in [-0.4, -0.2) is 40.1 Å². The summed E-state index contributed by atoms with van der Waals surface area (Å²) in [6.45, 7) is 0.521. The second kappa shape index (κ2) is 8.24. The molecule has 3 rings (SSSR count). The Kier molecular flexibility index (Phi) is 5.58. The van der Waals surface area contributed by atoms with Gasteiger partial charge in [-0.2, -0.15) is 4.98 Å². The van der Waals surface area contributed by atoms with Crippen molar-refractivity contribution >= 4 is 5.91 Å². The molecule has 7 nitrogen and oxygen atoms in total. The monoisotopic (exact) mass is 352 g/mol. The van der Waals surface area contributed by atoms with Crippen LogP contribution in [0.15, 0.2) is 53.3 Å². The van der Waals surface area contributed by atoms with Crippen LogP contribution >= 0.6 is 0 Å². The van der Waals surface area contributed by atoms with E-state index in [2.05, 4.69) is 15.1 Å². The molecule has 0 spiro atoms. The van der Waals surface area contributed by atoms with Gasteiger partial charge in [-0.15, -0.1) is 0 Å². The largest absolute Gasteiger partial charge is 0.497 e. The molecule has 2 heterocycles. The zero-order chi connectivity index (χ0) is 18.4. The van der Waals surface area contributed by atoms with Crippen molar-refractivity contribution in [3.63, 3.8) is 0 Å². The Morgan fingerprint density at radius 3 is 2.73 bits per heavy atom. The van der Waals surface area contributed by atoms with E-state index in [0.717, 1.165) is 16.9 Å². The minimum atomic E-state index is 0.0121. The minimum absolute atomic E-state index is 0.0121. The van der Waals surface area contributed by atoms with Gasteiger partial charge >= 0.3 is 0 Å². The SMILES string of the molecule is COc1ccc(-c2noc(CCC(=O)N(C)Cc3cccnc3)n2)cc1. The van der Waals surface area contributed by atoms with Crippen LogP contribution in [0, 0.1) is 0 Å². The highest BCUT2D eigenvalue weighted by molar-refractivity contribution is 5.76. The van der Waals surface area contributed by atoms with Crippen LogP contribution in [0.4, 0.5) is 0 Å². The van der Waals surface area contributed by atoms with Crippen molar-refractivity contribution in [2.24, 2.45) is 0 Å². The minimum Gasteiger partial charge on any atom is -0.497 e. The van der Waals surface area contributed by atoms with E-state index in [1.807, 2.05) is 36.4 Å². The summed E-state index contributed by atoms with van der Waals surface area (Å²) in [5.41, 5.74) is 1.82. The van der Waals surface area contributed by atoms with Crippen molar-refractivity contribution in [1.82, 2.24) is 20.0 Å². The number of rotatable bonds is 7. The van der Waals surface area contributed by atoms with Crippen LogP contribution in [0.3, 0.4) is 0 Å². The fourth-order valence-corrected chi connectivity index (χ4v) is 2.47. The summed E-state index contributed by atoms with van der Waals surface area (Å²) in [5, 5.41) is 3.97. The highest BCUT2D eigenvalue weighted by Gasteiger charge is 2.13. The van der Waals surface area contributed by atoms with Gasteiger partial charge in [0.05, 0.1) is 7.11 Å². The summed E-state index contributed by atoms with van der Waals surface area (Å²) in [7, 11) is 3.38. The van der Waals surface area contributed by atoms with Gasteiger partial charge in [0.25, 0.3) is 0 Å². The van der Waals surface area contributed by atoms with Crippen molar-refractivity contribution in [3.8, 4) is 17.1 Å². The van der Waals surface area contributed by atoms with Gasteiger partial charge in [-0.05, 0) is 35.9 Å². The second-order valence-corrected chi connectivity index (χ2v) is 5.85. The summed E-state index contributed by atoms with van der Waals surface area (Å²) in [4.78, 5) is 22.3. The Hall–Kier alpha value is -3.22. The first-order valence-electron chi connectivity index (χ1n) is 8.25. The molecule has 0 N–H and O–H groups in total. The van der Waals surface area contributed by atoms with Gasteiger partial charge in [0.15, 0.2) is 0 Å². The predicted octanol–water partition coefficient (Wildman–Crippen LogP) is 2.73. The molecule has 7 heteroatoms. The predicted molar refractivity (Wildman–Crippen MR) is 95.3 cm³/mol. The van der Waals surface area contributed by atoms with Gasteiger partial charge in [0.1, 0.15) is 5.75 Å². The quantitative estimate of drug-likeness (QED) is 0.650. The standard InChI is InChI=1S/C19H20N4O3/c1-23(13-14-4-3-11-20-12-14)18(24)10-9-17-21-19(22-26-17)15-5-7-16(25-2)8-6-15/h3-8,11-12H,9-10,13H2,1-2H3. The maximum Gasteiger partial charge on any atom is 0.227 e. The lowest BCUT2D eigenvalue weighted by Crippen LogP contribution is -2.26. The van der Waals surface area contributed by atoms with Crippen LogP contribution in [-0.2, 0) is 17.8 Å². The topological polar surface area (TPSA) is 81.4 Å². The molecule has 1 amide bonds. The Morgan fingerprint density at radius 1 is 1.23 bits per heavy atom. The summed E-state index contributed by atoms with van der Waals surface area (Å²) < 4.78 is 10.4. The molecule has 0 aliphatic carbocycles. The smallest absolute Gasteiger partial charge is 0.227 e. The molecule has 0 unspecified atom stereocenters. The van der Waals surface area contributed by atoms with E-state index < -0.39 is 0 Å². The number of hydrogen-bond donors (Lipinski definition) is 0. The number of benzene rings is 1. The highest BCUT2D eigenvalue weighted by Crippen LogP contribution is 2.20. The number of amides is 1. The van der Waals surface area contributed by atoms with Crippen molar-refractivity contribution < 1.29 is 14.1 Å². The van der Waals surface area contributed by atoms with Crippen molar-refractivity contribution in [3.05, 3.63) is 60.2 Å². The summed E-state index contributed by atoms with van der Waals surface area (Å²) in [6, 6.07) is 11.2. The average Bonchev–Trinajstić information content (AvgIpc) is 3.16. The first-order chi connectivity index (χ1) is 12.7. The molecule has 0 bridgehead atoms. The van der Waals surface area contributed by atoms with E-state index in [1.165, 1.54) is 0 Å². The molecule has 1 aromatic carbocycles. The molecule has 26 heavy (non-hydrogen) atoms. The molecule has 0 aliphatic rings. The number of ether oxygens (including phenoxy) is 1. The number of aromatic nitrogens is 3. The van der Waals surface area contributed by atoms with Crippen molar-refractivity contribution in [2.75, 3.05) is 14.2 Å². The molecule has 0 saturated carbocycles. The van der Waals surface area contributed by atoms with Crippen LogP contribution in [0.2, 0.25) is 0 Å². The lowest BCUT2D eigenvalue weighted by molar-refractivity contribution is -0.130. The summed E-state index contributed by atoms with van der Waals surface area (Å²) >= 11 is 0. The van der Waals surface area contributed by atoms with Crippen LogP contribution in [0.1, 0.15) is 17.9 Å². The molecule has 0 radical (unpaired) electrons. The number of carbonyl (C=O) groups is 1. The van der Waals surface area contributed by atoms with Gasteiger partial charge in [-0.3, -0.25) is 9.78 Å². The maximum absolute atomic E-state index is 12.3. The van der Waals surface area contributed by atoms with E-state index in [-0.39, 0.29) is 5.91 Å². The van der Waals surface area contributed by atoms with E-state index in [9.17, 15) is 4.79 Å². The van der Waals surface area contributed by atoms with E-state index in [0.29, 0.717) is 31.1 Å². The fraction of sp³-hybridized carbons (Fsp3) is 0.263. The second-order valence-electron chi connectivity index (χ2n) is 5.85. The van der Waals surface area contributed by atoms with Crippen molar-refractivity contribution in [1.29, 1.82) is 0 Å². The Bertz CT molecular complexity index is 847. The van der Waals surface area contributed by atoms with Gasteiger partial charge in [-0.25, -0.2) is 0 Å². The van der Waals surface area contributed by atoms with Crippen molar-refractivity contribution in [2.45, 2.75) is 19.4 Å². The number of nitrogens with zero attached hydrogens (tertiary/aromatic N) is 4. The molecular formula is C19H20N4O3. The molecular weight excluding hydrogens is 332 g/mol. The number of carbonyl (C=O) groups excluding carboxylic acids is 1. The normalized spacial score (nSPS) is 10.5. The Balaban J connectivity index is 1.54. The molecule has 2 aromatic heterocycles. The highest BCUT2D eigenvalue weighted by atomic mass is 16.5. The first kappa shape index (κ1) is 17.6. The molecule has 0 saturated heterocycles. The molecule has 0 atom stereocenters. The van der Waals surface area contributed by atoms with Gasteiger partial charge in [-0.1, -0.05) is 11.2 Å². The third-order valence-corrected chi connectivity index (χ3v) is 3.94. The number of hydrogen-bond acceptors (Lipinski definition) is 6. The third-order valence-electron chi connectivity index (χ3n) is 3.94. The van der Waals surface area contributed by atoms with E-state index in [1.54, 1.807) is 31.5 Å². The van der Waals surface area contributed by atoms with E-state index >= 15 is 0 Å². The zero-order valence-corrected chi connectivity index (χ0v) is 14.8. The van der Waals surface area contributed by atoms with Crippen LogP contribution in [0.25, 0.3) is 11.4 Å². The molecule has 3 aromatic rings. The number of methoxy groups -OCH3 is 1. The lowest BCUT2D eigenvalue weighted by atomic mass is 10.2. The summed E-state index contributed by atoms with van der Waals surface area (Å²) in [6.07, 6.45) is 4.17. The summed E-state index contributed by atoms with van der Waals surface area (Å²) in [5.74, 6) is 1.72. The van der Waals surface area contributed by atoms with Crippen LogP contribution < -0.4 is 4.74 Å². The number of pyridine rings is 1. The fourth-order valence-electron chi connectivity index (χ4n) is 2.47. The van der Waals surface area contributed by atoms with Gasteiger partial charge in [0, 0.05) is 44.4 Å². The molecule has 134 valence electrons. The van der Waals surface area contributed by atoms with Crippen LogP contribution in [0.5, 0.6) is 5.75 Å². The maximum atomic E-state index is 12.3. The lowest BCUT2D eigenvalue weighted by Gasteiger charge is -2.16. The third kappa shape index (κ3) is 4.44. The average molecular weight is 352 g/mol. The van der Waals surface area contributed by atoms with Gasteiger partial charge in [0.2, 0.25) is 17.6 Å². The Labute approximate surface area is 151 Å². The first-order valence-corrected chi connectivity index (χ1v) is 8.25. The Morgan fingerprint density at radius 2 is 2.04 bits per heavy atom. The van der Waals surface area contributed by atoms with E-state index in [4.69, 9.17) is 9.26 Å². The van der Waals surface area contributed by atoms with Gasteiger partial charge < -0.3 is 14.2 Å². The molecule has 0 fully saturated rings. The molecule has 0 aliphatic heterocycles.